The highest BCUT2D eigenvalue weighted by molar-refractivity contribution is 5.91. The van der Waals surface area contributed by atoms with Gasteiger partial charge in [-0.25, -0.2) is 0 Å². The smallest absolute Gasteiger partial charge is 0.290 e. The minimum absolute atomic E-state index is 0.137. The van der Waals surface area contributed by atoms with Crippen molar-refractivity contribution >= 4 is 5.91 Å². The van der Waals surface area contributed by atoms with Gasteiger partial charge in [0.1, 0.15) is 6.07 Å². The fourth-order valence-electron chi connectivity index (χ4n) is 2.48. The van der Waals surface area contributed by atoms with E-state index in [9.17, 15) is 4.79 Å². The molecule has 0 saturated heterocycles. The van der Waals surface area contributed by atoms with Crippen LogP contribution < -0.4 is 0 Å². The molecule has 3 rings (SSSR count). The molecule has 1 heterocycles. The van der Waals surface area contributed by atoms with Crippen molar-refractivity contribution in [3.05, 3.63) is 95.4 Å². The second kappa shape index (κ2) is 7.30. The van der Waals surface area contributed by atoms with Crippen molar-refractivity contribution in [3.63, 3.8) is 0 Å². The van der Waals surface area contributed by atoms with E-state index in [2.05, 4.69) is 0 Å². The molecule has 4 nitrogen and oxygen atoms in total. The molecular formula is C20H16N2O2. The summed E-state index contributed by atoms with van der Waals surface area (Å²) in [6.45, 7) is 0.939. The average molecular weight is 316 g/mol. The first-order chi connectivity index (χ1) is 11.8. The SMILES string of the molecule is N#Cc1ccc(C(=O)N(Cc2ccccc2)Cc2ccccc2)o1. The molecule has 1 aromatic heterocycles. The number of carbonyl (C=O) groups is 1. The Morgan fingerprint density at radius 1 is 0.875 bits per heavy atom. The molecule has 0 saturated carbocycles. The van der Waals surface area contributed by atoms with E-state index in [1.54, 1.807) is 11.0 Å². The van der Waals surface area contributed by atoms with Gasteiger partial charge in [0.2, 0.25) is 5.76 Å². The zero-order valence-corrected chi connectivity index (χ0v) is 13.1. The quantitative estimate of drug-likeness (QED) is 0.715. The van der Waals surface area contributed by atoms with Crippen molar-refractivity contribution in [2.75, 3.05) is 0 Å². The summed E-state index contributed by atoms with van der Waals surface area (Å²) in [5, 5.41) is 8.87. The maximum absolute atomic E-state index is 12.8. The first-order valence-electron chi connectivity index (χ1n) is 7.63. The van der Waals surface area contributed by atoms with E-state index < -0.39 is 0 Å². The third kappa shape index (κ3) is 3.71. The fraction of sp³-hybridized carbons (Fsp3) is 0.100. The summed E-state index contributed by atoms with van der Waals surface area (Å²) in [5.41, 5.74) is 2.07. The minimum atomic E-state index is -0.232. The monoisotopic (exact) mass is 316 g/mol. The van der Waals surface area contributed by atoms with E-state index in [4.69, 9.17) is 9.68 Å². The van der Waals surface area contributed by atoms with Gasteiger partial charge in [0.25, 0.3) is 5.91 Å². The van der Waals surface area contributed by atoms with E-state index in [0.29, 0.717) is 13.1 Å². The number of furan rings is 1. The molecule has 0 aliphatic heterocycles. The van der Waals surface area contributed by atoms with E-state index in [1.165, 1.54) is 6.07 Å². The number of nitrogens with zero attached hydrogens (tertiary/aromatic N) is 2. The molecule has 118 valence electrons. The molecule has 2 aromatic carbocycles. The zero-order valence-electron chi connectivity index (χ0n) is 13.1. The predicted molar refractivity (Wildman–Crippen MR) is 89.9 cm³/mol. The van der Waals surface area contributed by atoms with Crippen LogP contribution in [-0.4, -0.2) is 10.8 Å². The van der Waals surface area contributed by atoms with Crippen molar-refractivity contribution in [2.24, 2.45) is 0 Å². The van der Waals surface area contributed by atoms with E-state index >= 15 is 0 Å². The lowest BCUT2D eigenvalue weighted by Crippen LogP contribution is -2.29. The fourth-order valence-corrected chi connectivity index (χ4v) is 2.48. The number of hydrogen-bond donors (Lipinski definition) is 0. The molecule has 0 aliphatic carbocycles. The Kier molecular flexibility index (Phi) is 4.73. The largest absolute Gasteiger partial charge is 0.440 e. The second-order valence-electron chi connectivity index (χ2n) is 5.41. The molecule has 0 unspecified atom stereocenters. The van der Waals surface area contributed by atoms with Gasteiger partial charge in [0.05, 0.1) is 0 Å². The van der Waals surface area contributed by atoms with Gasteiger partial charge in [-0.3, -0.25) is 4.79 Å². The molecule has 0 spiro atoms. The number of nitriles is 1. The van der Waals surface area contributed by atoms with Crippen LogP contribution in [0.15, 0.2) is 77.2 Å². The van der Waals surface area contributed by atoms with E-state index in [0.717, 1.165) is 11.1 Å². The van der Waals surface area contributed by atoms with Gasteiger partial charge in [0, 0.05) is 13.1 Å². The van der Waals surface area contributed by atoms with Crippen LogP contribution in [0.5, 0.6) is 0 Å². The Bertz CT molecular complexity index is 807. The summed E-state index contributed by atoms with van der Waals surface area (Å²) >= 11 is 0. The molecular weight excluding hydrogens is 300 g/mol. The first kappa shape index (κ1) is 15.6. The van der Waals surface area contributed by atoms with Gasteiger partial charge in [-0.1, -0.05) is 60.7 Å². The van der Waals surface area contributed by atoms with E-state index in [1.807, 2.05) is 66.7 Å². The molecule has 0 bridgehead atoms. The standard InChI is InChI=1S/C20H16N2O2/c21-13-18-11-12-19(24-18)20(23)22(14-16-7-3-1-4-8-16)15-17-9-5-2-6-10-17/h1-12H,14-15H2. The third-order valence-corrected chi connectivity index (χ3v) is 3.65. The van der Waals surface area contributed by atoms with Crippen molar-refractivity contribution in [1.82, 2.24) is 4.90 Å². The van der Waals surface area contributed by atoms with Crippen LogP contribution in [0.2, 0.25) is 0 Å². The highest BCUT2D eigenvalue weighted by atomic mass is 16.3. The summed E-state index contributed by atoms with van der Waals surface area (Å²) in [7, 11) is 0. The molecule has 0 atom stereocenters. The molecule has 24 heavy (non-hydrogen) atoms. The van der Waals surface area contributed by atoms with Gasteiger partial charge in [-0.15, -0.1) is 0 Å². The summed E-state index contributed by atoms with van der Waals surface area (Å²) in [5.74, 6) is 0.0836. The van der Waals surface area contributed by atoms with Crippen molar-refractivity contribution in [3.8, 4) is 6.07 Å². The van der Waals surface area contributed by atoms with Crippen LogP contribution in [0, 0.1) is 11.3 Å². The van der Waals surface area contributed by atoms with Gasteiger partial charge < -0.3 is 9.32 Å². The lowest BCUT2D eigenvalue weighted by atomic mass is 10.1. The van der Waals surface area contributed by atoms with Crippen LogP contribution in [-0.2, 0) is 13.1 Å². The van der Waals surface area contributed by atoms with Gasteiger partial charge >= 0.3 is 0 Å². The number of amides is 1. The minimum Gasteiger partial charge on any atom is -0.440 e. The van der Waals surface area contributed by atoms with Crippen LogP contribution in [0.25, 0.3) is 0 Å². The Morgan fingerprint density at radius 3 is 1.88 bits per heavy atom. The third-order valence-electron chi connectivity index (χ3n) is 3.65. The second-order valence-corrected chi connectivity index (χ2v) is 5.41. The van der Waals surface area contributed by atoms with Gasteiger partial charge in [-0.2, -0.15) is 5.26 Å². The molecule has 0 N–H and O–H groups in total. The van der Waals surface area contributed by atoms with Crippen LogP contribution in [0.4, 0.5) is 0 Å². The summed E-state index contributed by atoms with van der Waals surface area (Å²) < 4.78 is 5.30. The number of benzene rings is 2. The van der Waals surface area contributed by atoms with Gasteiger partial charge in [-0.05, 0) is 23.3 Å². The summed E-state index contributed by atoms with van der Waals surface area (Å²) in [6.07, 6.45) is 0. The topological polar surface area (TPSA) is 57.2 Å². The molecule has 0 radical (unpaired) electrons. The Hall–Kier alpha value is -3.32. The first-order valence-corrected chi connectivity index (χ1v) is 7.63. The number of carbonyl (C=O) groups excluding carboxylic acids is 1. The Morgan fingerprint density at radius 2 is 1.42 bits per heavy atom. The zero-order chi connectivity index (χ0) is 16.8. The van der Waals surface area contributed by atoms with Crippen LogP contribution in [0.3, 0.4) is 0 Å². The van der Waals surface area contributed by atoms with Crippen molar-refractivity contribution in [1.29, 1.82) is 5.26 Å². The molecule has 3 aromatic rings. The summed E-state index contributed by atoms with van der Waals surface area (Å²) in [4.78, 5) is 14.5. The van der Waals surface area contributed by atoms with Gasteiger partial charge in [0.15, 0.2) is 5.76 Å². The summed E-state index contributed by atoms with van der Waals surface area (Å²) in [6, 6.07) is 24.5. The molecule has 4 heteroatoms. The maximum atomic E-state index is 12.8. The van der Waals surface area contributed by atoms with Crippen LogP contribution in [0.1, 0.15) is 27.4 Å². The van der Waals surface area contributed by atoms with E-state index in [-0.39, 0.29) is 17.4 Å². The highest BCUT2D eigenvalue weighted by Crippen LogP contribution is 2.16. The lowest BCUT2D eigenvalue weighted by molar-refractivity contribution is 0.0697. The highest BCUT2D eigenvalue weighted by Gasteiger charge is 2.20. The normalized spacial score (nSPS) is 10.1. The molecule has 1 amide bonds. The molecule has 0 fully saturated rings. The Labute approximate surface area is 140 Å². The lowest BCUT2D eigenvalue weighted by Gasteiger charge is -2.22. The predicted octanol–water partition coefficient (Wildman–Crippen LogP) is 3.99. The maximum Gasteiger partial charge on any atom is 0.290 e. The number of rotatable bonds is 5. The Balaban J connectivity index is 1.86. The van der Waals surface area contributed by atoms with Crippen molar-refractivity contribution in [2.45, 2.75) is 13.1 Å². The average Bonchev–Trinajstić information content (AvgIpc) is 3.11. The van der Waals surface area contributed by atoms with Crippen molar-refractivity contribution < 1.29 is 9.21 Å². The number of hydrogen-bond acceptors (Lipinski definition) is 3. The van der Waals surface area contributed by atoms with Crippen LogP contribution >= 0.6 is 0 Å². The molecule has 0 aliphatic rings.